The van der Waals surface area contributed by atoms with E-state index in [1.807, 2.05) is 0 Å². The summed E-state index contributed by atoms with van der Waals surface area (Å²) in [6, 6.07) is 11.3. The molecule has 1 saturated carbocycles. The fourth-order valence-electron chi connectivity index (χ4n) is 2.20. The van der Waals surface area contributed by atoms with E-state index in [-0.39, 0.29) is 5.91 Å². The molecule has 3 nitrogen and oxygen atoms in total. The first-order valence-electron chi connectivity index (χ1n) is 6.34. The molecule has 0 radical (unpaired) electrons. The highest BCUT2D eigenvalue weighted by molar-refractivity contribution is 5.73. The minimum Gasteiger partial charge on any atom is -0.370 e. The molecule has 0 heterocycles. The summed E-state index contributed by atoms with van der Waals surface area (Å²) >= 11 is 0. The first-order chi connectivity index (χ1) is 8.27. The highest BCUT2D eigenvalue weighted by Crippen LogP contribution is 2.40. The van der Waals surface area contributed by atoms with Crippen molar-refractivity contribution in [3.63, 3.8) is 0 Å². The number of carbonyl (C=O) groups is 1. The van der Waals surface area contributed by atoms with E-state index in [4.69, 9.17) is 5.73 Å². The van der Waals surface area contributed by atoms with Gasteiger partial charge in [-0.3, -0.25) is 4.79 Å². The average Bonchev–Trinajstić information content (AvgIpc) is 3.09. The van der Waals surface area contributed by atoms with Crippen molar-refractivity contribution in [3.05, 3.63) is 35.9 Å². The normalized spacial score (nSPS) is 22.4. The molecule has 1 aromatic carbocycles. The fraction of sp³-hybridized carbons (Fsp3) is 0.500. The molecule has 2 rings (SSSR count). The van der Waals surface area contributed by atoms with Crippen molar-refractivity contribution in [2.75, 3.05) is 6.54 Å². The fourth-order valence-corrected chi connectivity index (χ4v) is 2.20. The van der Waals surface area contributed by atoms with Gasteiger partial charge in [0.15, 0.2) is 0 Å². The molecule has 0 bridgehead atoms. The molecule has 0 saturated heterocycles. The number of benzene rings is 1. The Morgan fingerprint density at radius 3 is 2.76 bits per heavy atom. The number of amides is 1. The molecule has 17 heavy (non-hydrogen) atoms. The van der Waals surface area contributed by atoms with Crippen molar-refractivity contribution >= 4 is 5.91 Å². The van der Waals surface area contributed by atoms with E-state index in [9.17, 15) is 4.79 Å². The molecule has 1 amide bonds. The third kappa shape index (κ3) is 3.86. The van der Waals surface area contributed by atoms with Crippen LogP contribution >= 0.6 is 0 Å². The number of rotatable bonds is 7. The summed E-state index contributed by atoms with van der Waals surface area (Å²) in [5.74, 6) is 0.492. The third-order valence-electron chi connectivity index (χ3n) is 3.27. The molecular formula is C14H20N2O. The van der Waals surface area contributed by atoms with E-state index in [2.05, 4.69) is 35.6 Å². The molecule has 3 heteroatoms. The lowest BCUT2D eigenvalue weighted by molar-refractivity contribution is -0.118. The van der Waals surface area contributed by atoms with Crippen LogP contribution in [0, 0.1) is 0 Å². The van der Waals surface area contributed by atoms with Crippen molar-refractivity contribution in [1.29, 1.82) is 0 Å². The van der Waals surface area contributed by atoms with Crippen LogP contribution in [0.1, 0.15) is 37.2 Å². The van der Waals surface area contributed by atoms with Gasteiger partial charge in [0.25, 0.3) is 0 Å². The standard InChI is InChI=1S/C14H20N2O/c15-14(17)8-4-5-9-16-13-10-12(13)11-6-2-1-3-7-11/h1-3,6-7,12-13,16H,4-5,8-10H2,(H2,15,17)/t12-,13+/m0/s1. The lowest BCUT2D eigenvalue weighted by Crippen LogP contribution is -2.19. The topological polar surface area (TPSA) is 55.1 Å². The Bertz CT molecular complexity index is 364. The van der Waals surface area contributed by atoms with Gasteiger partial charge in [0.1, 0.15) is 0 Å². The molecule has 1 aromatic rings. The maximum absolute atomic E-state index is 10.5. The van der Waals surface area contributed by atoms with Crippen LogP contribution in [-0.4, -0.2) is 18.5 Å². The Balaban J connectivity index is 1.59. The van der Waals surface area contributed by atoms with Crippen molar-refractivity contribution in [2.24, 2.45) is 5.73 Å². The van der Waals surface area contributed by atoms with Crippen LogP contribution < -0.4 is 11.1 Å². The van der Waals surface area contributed by atoms with Crippen LogP contribution in [0.15, 0.2) is 30.3 Å². The number of primary amides is 1. The maximum atomic E-state index is 10.5. The number of carbonyl (C=O) groups excluding carboxylic acids is 1. The molecule has 1 aliphatic rings. The van der Waals surface area contributed by atoms with Crippen molar-refractivity contribution in [3.8, 4) is 0 Å². The number of nitrogens with one attached hydrogen (secondary N) is 1. The second kappa shape index (κ2) is 5.82. The first-order valence-corrected chi connectivity index (χ1v) is 6.34. The summed E-state index contributed by atoms with van der Waals surface area (Å²) in [5, 5.41) is 3.53. The SMILES string of the molecule is NC(=O)CCCCN[C@@H]1C[C@H]1c1ccccc1. The highest BCUT2D eigenvalue weighted by atomic mass is 16.1. The van der Waals surface area contributed by atoms with Crippen LogP contribution in [0.3, 0.4) is 0 Å². The van der Waals surface area contributed by atoms with Gasteiger partial charge in [-0.25, -0.2) is 0 Å². The second-order valence-electron chi connectivity index (χ2n) is 4.74. The lowest BCUT2D eigenvalue weighted by atomic mass is 10.1. The lowest BCUT2D eigenvalue weighted by Gasteiger charge is -2.03. The minimum absolute atomic E-state index is 0.196. The van der Waals surface area contributed by atoms with Gasteiger partial charge in [-0.15, -0.1) is 0 Å². The number of hydrogen-bond donors (Lipinski definition) is 2. The summed E-state index contributed by atoms with van der Waals surface area (Å²) < 4.78 is 0. The molecule has 2 atom stereocenters. The second-order valence-corrected chi connectivity index (χ2v) is 4.74. The number of unbranched alkanes of at least 4 members (excludes halogenated alkanes) is 1. The Kier molecular flexibility index (Phi) is 4.15. The van der Waals surface area contributed by atoms with Crippen LogP contribution in [0.5, 0.6) is 0 Å². The summed E-state index contributed by atoms with van der Waals surface area (Å²) in [5.41, 5.74) is 6.52. The molecular weight excluding hydrogens is 212 g/mol. The Hall–Kier alpha value is -1.35. The number of hydrogen-bond acceptors (Lipinski definition) is 2. The van der Waals surface area contributed by atoms with Crippen LogP contribution in [-0.2, 0) is 4.79 Å². The van der Waals surface area contributed by atoms with E-state index in [0.717, 1.165) is 19.4 Å². The van der Waals surface area contributed by atoms with Crippen LogP contribution in [0.25, 0.3) is 0 Å². The molecule has 1 fully saturated rings. The van der Waals surface area contributed by atoms with Gasteiger partial charge in [0, 0.05) is 18.4 Å². The summed E-state index contributed by atoms with van der Waals surface area (Å²) in [7, 11) is 0. The minimum atomic E-state index is -0.196. The van der Waals surface area contributed by atoms with Gasteiger partial charge in [-0.05, 0) is 31.4 Å². The van der Waals surface area contributed by atoms with E-state index >= 15 is 0 Å². The average molecular weight is 232 g/mol. The third-order valence-corrected chi connectivity index (χ3v) is 3.27. The van der Waals surface area contributed by atoms with Crippen LogP contribution in [0.4, 0.5) is 0 Å². The predicted molar refractivity (Wildman–Crippen MR) is 68.6 cm³/mol. The molecule has 0 unspecified atom stereocenters. The van der Waals surface area contributed by atoms with Gasteiger partial charge in [0.05, 0.1) is 0 Å². The summed E-state index contributed by atoms with van der Waals surface area (Å²) in [6.07, 6.45) is 3.67. The van der Waals surface area contributed by atoms with Gasteiger partial charge < -0.3 is 11.1 Å². The predicted octanol–water partition coefficient (Wildman–Crippen LogP) is 1.79. The zero-order valence-corrected chi connectivity index (χ0v) is 10.1. The quantitative estimate of drug-likeness (QED) is 0.704. The highest BCUT2D eigenvalue weighted by Gasteiger charge is 2.37. The first kappa shape index (κ1) is 12.1. The Morgan fingerprint density at radius 1 is 1.29 bits per heavy atom. The van der Waals surface area contributed by atoms with Crippen molar-refractivity contribution < 1.29 is 4.79 Å². The summed E-state index contributed by atoms with van der Waals surface area (Å²) in [6.45, 7) is 0.987. The molecule has 0 aliphatic heterocycles. The molecule has 0 spiro atoms. The zero-order valence-electron chi connectivity index (χ0n) is 10.1. The smallest absolute Gasteiger partial charge is 0.217 e. The zero-order chi connectivity index (χ0) is 12.1. The largest absolute Gasteiger partial charge is 0.370 e. The molecule has 1 aliphatic carbocycles. The summed E-state index contributed by atoms with van der Waals surface area (Å²) in [4.78, 5) is 10.5. The molecule has 3 N–H and O–H groups in total. The van der Waals surface area contributed by atoms with E-state index in [1.54, 1.807) is 0 Å². The van der Waals surface area contributed by atoms with Crippen molar-refractivity contribution in [2.45, 2.75) is 37.6 Å². The molecule has 92 valence electrons. The van der Waals surface area contributed by atoms with E-state index in [1.165, 1.54) is 12.0 Å². The maximum Gasteiger partial charge on any atom is 0.217 e. The number of nitrogens with two attached hydrogens (primary N) is 1. The molecule has 0 aromatic heterocycles. The van der Waals surface area contributed by atoms with Gasteiger partial charge in [-0.1, -0.05) is 30.3 Å². The Morgan fingerprint density at radius 2 is 2.06 bits per heavy atom. The van der Waals surface area contributed by atoms with Gasteiger partial charge in [-0.2, -0.15) is 0 Å². The van der Waals surface area contributed by atoms with Gasteiger partial charge in [0.2, 0.25) is 5.91 Å². The van der Waals surface area contributed by atoms with Crippen LogP contribution in [0.2, 0.25) is 0 Å². The van der Waals surface area contributed by atoms with Gasteiger partial charge >= 0.3 is 0 Å². The monoisotopic (exact) mass is 232 g/mol. The van der Waals surface area contributed by atoms with E-state index in [0.29, 0.717) is 18.4 Å². The van der Waals surface area contributed by atoms with E-state index < -0.39 is 0 Å². The van der Waals surface area contributed by atoms with Crippen molar-refractivity contribution in [1.82, 2.24) is 5.32 Å². The Labute approximate surface area is 102 Å².